The van der Waals surface area contributed by atoms with Crippen molar-refractivity contribution in [2.45, 2.75) is 0 Å². The monoisotopic (exact) mass is 270 g/mol. The minimum atomic E-state index is -0.114. The first kappa shape index (κ1) is 12.4. The van der Waals surface area contributed by atoms with Crippen LogP contribution < -0.4 is 5.32 Å². The van der Waals surface area contributed by atoms with Crippen LogP contribution in [0.15, 0.2) is 43.0 Å². The summed E-state index contributed by atoms with van der Waals surface area (Å²) in [5, 5.41) is 2.70. The van der Waals surface area contributed by atoms with Gasteiger partial charge in [0.05, 0.1) is 12.9 Å². The highest BCUT2D eigenvalue weighted by atomic mass is 16.2. The molecule has 1 fully saturated rings. The molecule has 0 aliphatic carbocycles. The van der Waals surface area contributed by atoms with Gasteiger partial charge in [-0.3, -0.25) is 9.59 Å². The molecule has 0 spiro atoms. The fraction of sp³-hybridized carbons (Fsp3) is 0.214. The van der Waals surface area contributed by atoms with E-state index in [1.807, 2.05) is 22.9 Å². The van der Waals surface area contributed by atoms with E-state index in [1.165, 1.54) is 0 Å². The van der Waals surface area contributed by atoms with E-state index in [9.17, 15) is 9.59 Å². The van der Waals surface area contributed by atoms with Crippen LogP contribution >= 0.6 is 0 Å². The summed E-state index contributed by atoms with van der Waals surface area (Å²) in [6.45, 7) is 1.19. The van der Waals surface area contributed by atoms with Crippen molar-refractivity contribution in [1.82, 2.24) is 19.8 Å². The van der Waals surface area contributed by atoms with Crippen LogP contribution in [0.5, 0.6) is 0 Å². The Bertz CT molecular complexity index is 619. The molecule has 6 heteroatoms. The summed E-state index contributed by atoms with van der Waals surface area (Å²) in [5.74, 6) is -0.225. The summed E-state index contributed by atoms with van der Waals surface area (Å²) in [6, 6.07) is 7.26. The van der Waals surface area contributed by atoms with E-state index in [-0.39, 0.29) is 18.4 Å². The highest BCUT2D eigenvalue weighted by Gasteiger charge is 2.22. The maximum Gasteiger partial charge on any atom is 0.254 e. The first-order valence-electron chi connectivity index (χ1n) is 6.38. The Morgan fingerprint density at radius 3 is 2.70 bits per heavy atom. The van der Waals surface area contributed by atoms with Crippen molar-refractivity contribution in [3.63, 3.8) is 0 Å². The number of carbonyl (C=O) groups is 2. The number of piperazine rings is 1. The Morgan fingerprint density at radius 2 is 2.05 bits per heavy atom. The zero-order valence-corrected chi connectivity index (χ0v) is 10.8. The van der Waals surface area contributed by atoms with Gasteiger partial charge in [-0.05, 0) is 24.3 Å². The Balaban J connectivity index is 1.77. The van der Waals surface area contributed by atoms with Gasteiger partial charge in [-0.2, -0.15) is 0 Å². The van der Waals surface area contributed by atoms with Gasteiger partial charge in [-0.15, -0.1) is 0 Å². The number of amides is 2. The molecule has 1 saturated heterocycles. The van der Waals surface area contributed by atoms with Gasteiger partial charge in [-0.25, -0.2) is 4.98 Å². The molecule has 102 valence electrons. The second-order valence-electron chi connectivity index (χ2n) is 4.59. The van der Waals surface area contributed by atoms with Gasteiger partial charge in [0.25, 0.3) is 5.91 Å². The van der Waals surface area contributed by atoms with Crippen molar-refractivity contribution in [3.8, 4) is 5.69 Å². The number of imidazole rings is 1. The van der Waals surface area contributed by atoms with E-state index in [0.717, 1.165) is 5.69 Å². The molecule has 1 N–H and O–H groups in total. The molecular formula is C14H14N4O2. The summed E-state index contributed by atoms with van der Waals surface area (Å²) in [4.78, 5) is 29.1. The standard InChI is InChI=1S/C14H14N4O2/c19-13-9-17(8-6-16-13)14(20)11-1-3-12(4-2-11)18-7-5-15-10-18/h1-5,7,10H,6,8-9H2,(H,16,19). The largest absolute Gasteiger partial charge is 0.353 e. The Morgan fingerprint density at radius 1 is 1.25 bits per heavy atom. The van der Waals surface area contributed by atoms with E-state index in [2.05, 4.69) is 10.3 Å². The Labute approximate surface area is 116 Å². The number of carbonyl (C=O) groups excluding carboxylic acids is 2. The summed E-state index contributed by atoms with van der Waals surface area (Å²) >= 11 is 0. The molecule has 1 aliphatic rings. The first-order valence-corrected chi connectivity index (χ1v) is 6.38. The van der Waals surface area contributed by atoms with Crippen molar-refractivity contribution < 1.29 is 9.59 Å². The van der Waals surface area contributed by atoms with Crippen LogP contribution in [0, 0.1) is 0 Å². The maximum absolute atomic E-state index is 12.3. The molecule has 3 rings (SSSR count). The summed E-state index contributed by atoms with van der Waals surface area (Å²) < 4.78 is 1.86. The molecule has 2 aromatic rings. The quantitative estimate of drug-likeness (QED) is 0.861. The van der Waals surface area contributed by atoms with Crippen LogP contribution in [-0.2, 0) is 4.79 Å². The first-order chi connectivity index (χ1) is 9.74. The molecule has 2 heterocycles. The highest BCUT2D eigenvalue weighted by molar-refractivity contribution is 5.97. The van der Waals surface area contributed by atoms with Crippen LogP contribution in [0.4, 0.5) is 0 Å². The molecule has 2 amide bonds. The second-order valence-corrected chi connectivity index (χ2v) is 4.59. The van der Waals surface area contributed by atoms with E-state index in [0.29, 0.717) is 18.7 Å². The number of nitrogens with one attached hydrogen (secondary N) is 1. The van der Waals surface area contributed by atoms with Gasteiger partial charge >= 0.3 is 0 Å². The molecule has 0 unspecified atom stereocenters. The molecule has 1 aromatic heterocycles. The molecule has 0 bridgehead atoms. The minimum absolute atomic E-state index is 0.111. The zero-order valence-electron chi connectivity index (χ0n) is 10.8. The normalized spacial score (nSPS) is 15.0. The van der Waals surface area contributed by atoms with E-state index >= 15 is 0 Å². The summed E-state index contributed by atoms with van der Waals surface area (Å²) in [6.07, 6.45) is 5.24. The lowest BCUT2D eigenvalue weighted by Gasteiger charge is -2.26. The number of benzene rings is 1. The number of hydrogen-bond donors (Lipinski definition) is 1. The molecular weight excluding hydrogens is 256 g/mol. The van der Waals surface area contributed by atoms with Crippen LogP contribution in [0.3, 0.4) is 0 Å². The van der Waals surface area contributed by atoms with Crippen molar-refractivity contribution >= 4 is 11.8 Å². The number of rotatable bonds is 2. The third-order valence-corrected chi connectivity index (χ3v) is 3.24. The number of aromatic nitrogens is 2. The highest BCUT2D eigenvalue weighted by Crippen LogP contribution is 2.11. The molecule has 0 saturated carbocycles. The lowest BCUT2D eigenvalue weighted by molar-refractivity contribution is -0.123. The minimum Gasteiger partial charge on any atom is -0.353 e. The third-order valence-electron chi connectivity index (χ3n) is 3.24. The molecule has 6 nitrogen and oxygen atoms in total. The second kappa shape index (κ2) is 5.16. The average molecular weight is 270 g/mol. The van der Waals surface area contributed by atoms with E-state index in [1.54, 1.807) is 29.6 Å². The van der Waals surface area contributed by atoms with Gasteiger partial charge in [0, 0.05) is 36.7 Å². The van der Waals surface area contributed by atoms with Gasteiger partial charge in [0.2, 0.25) is 5.91 Å². The topological polar surface area (TPSA) is 67.2 Å². The maximum atomic E-state index is 12.3. The third kappa shape index (κ3) is 2.40. The van der Waals surface area contributed by atoms with E-state index in [4.69, 9.17) is 0 Å². The van der Waals surface area contributed by atoms with E-state index < -0.39 is 0 Å². The fourth-order valence-electron chi connectivity index (χ4n) is 2.18. The fourth-order valence-corrected chi connectivity index (χ4v) is 2.18. The van der Waals surface area contributed by atoms with Crippen LogP contribution in [0.1, 0.15) is 10.4 Å². The number of nitrogens with zero attached hydrogens (tertiary/aromatic N) is 3. The molecule has 20 heavy (non-hydrogen) atoms. The van der Waals surface area contributed by atoms with Crippen molar-refractivity contribution in [2.24, 2.45) is 0 Å². The lowest BCUT2D eigenvalue weighted by Crippen LogP contribution is -2.49. The van der Waals surface area contributed by atoms with Gasteiger partial charge in [0.1, 0.15) is 0 Å². The molecule has 1 aliphatic heterocycles. The lowest BCUT2D eigenvalue weighted by atomic mass is 10.1. The SMILES string of the molecule is O=C1CN(C(=O)c2ccc(-n3ccnc3)cc2)CCN1. The Hall–Kier alpha value is -2.63. The predicted octanol–water partition coefficient (Wildman–Crippen LogP) is 0.444. The summed E-state index contributed by atoms with van der Waals surface area (Å²) in [5.41, 5.74) is 1.53. The van der Waals surface area contributed by atoms with Gasteiger partial charge in [0.15, 0.2) is 0 Å². The van der Waals surface area contributed by atoms with Crippen LogP contribution in [-0.4, -0.2) is 45.9 Å². The predicted molar refractivity (Wildman–Crippen MR) is 72.5 cm³/mol. The van der Waals surface area contributed by atoms with Crippen LogP contribution in [0.25, 0.3) is 5.69 Å². The zero-order chi connectivity index (χ0) is 13.9. The van der Waals surface area contributed by atoms with Crippen molar-refractivity contribution in [3.05, 3.63) is 48.5 Å². The number of hydrogen-bond acceptors (Lipinski definition) is 3. The van der Waals surface area contributed by atoms with Crippen molar-refractivity contribution in [2.75, 3.05) is 19.6 Å². The average Bonchev–Trinajstić information content (AvgIpc) is 3.01. The molecule has 0 radical (unpaired) electrons. The smallest absolute Gasteiger partial charge is 0.254 e. The van der Waals surface area contributed by atoms with Gasteiger partial charge < -0.3 is 14.8 Å². The Kier molecular flexibility index (Phi) is 3.20. The van der Waals surface area contributed by atoms with Crippen LogP contribution in [0.2, 0.25) is 0 Å². The molecule has 1 aromatic carbocycles. The summed E-state index contributed by atoms with van der Waals surface area (Å²) in [7, 11) is 0. The van der Waals surface area contributed by atoms with Crippen molar-refractivity contribution in [1.29, 1.82) is 0 Å². The van der Waals surface area contributed by atoms with Gasteiger partial charge in [-0.1, -0.05) is 0 Å². The molecule has 0 atom stereocenters.